The van der Waals surface area contributed by atoms with Crippen LogP contribution in [0.2, 0.25) is 0 Å². The molecule has 0 aliphatic carbocycles. The Bertz CT molecular complexity index is 648. The van der Waals surface area contributed by atoms with Gasteiger partial charge >= 0.3 is 11.9 Å². The monoisotopic (exact) mass is 594 g/mol. The molecule has 0 N–H and O–H groups in total. The van der Waals surface area contributed by atoms with Gasteiger partial charge in [-0.2, -0.15) is 0 Å². The summed E-state index contributed by atoms with van der Waals surface area (Å²) in [5, 5.41) is 0. The van der Waals surface area contributed by atoms with Gasteiger partial charge in [-0.15, -0.1) is 0 Å². The van der Waals surface area contributed by atoms with Crippen molar-refractivity contribution in [1.82, 2.24) is 9.80 Å². The number of ether oxygens (including phenoxy) is 4. The van der Waals surface area contributed by atoms with Crippen molar-refractivity contribution in [2.75, 3.05) is 65.7 Å². The maximum atomic E-state index is 12.5. The number of morpholine rings is 2. The highest BCUT2D eigenvalue weighted by atomic mass is 16.5. The normalized spacial score (nSPS) is 18.2. The van der Waals surface area contributed by atoms with Crippen LogP contribution in [-0.2, 0) is 28.5 Å². The second kappa shape index (κ2) is 24.9. The first-order valence-corrected chi connectivity index (χ1v) is 17.3. The van der Waals surface area contributed by atoms with Gasteiger partial charge in [0.25, 0.3) is 0 Å². The molecule has 8 nitrogen and oxygen atoms in total. The summed E-state index contributed by atoms with van der Waals surface area (Å²) >= 11 is 0. The van der Waals surface area contributed by atoms with Gasteiger partial charge in [-0.3, -0.25) is 9.80 Å². The molecule has 0 saturated carbocycles. The average molecular weight is 595 g/mol. The Balaban J connectivity index is 1.62. The summed E-state index contributed by atoms with van der Waals surface area (Å²) < 4.78 is 22.3. The third-order valence-corrected chi connectivity index (χ3v) is 8.39. The number of carbonyl (C=O) groups is 2. The SMILES string of the molecule is CCCCC(CCCCCCN1CCOCC1)OC(=O)/C=C/C(=O)OC(CCCC)CCCCCCN1CCOCC1. The van der Waals surface area contributed by atoms with Crippen molar-refractivity contribution in [2.24, 2.45) is 0 Å². The van der Waals surface area contributed by atoms with E-state index in [1.165, 1.54) is 37.8 Å². The molecule has 0 aromatic rings. The number of nitrogens with zero attached hydrogens (tertiary/aromatic N) is 2. The zero-order chi connectivity index (χ0) is 30.1. The van der Waals surface area contributed by atoms with Crippen LogP contribution in [0.15, 0.2) is 12.2 Å². The Hall–Kier alpha value is -1.48. The van der Waals surface area contributed by atoms with Crippen LogP contribution in [0.25, 0.3) is 0 Å². The van der Waals surface area contributed by atoms with E-state index in [-0.39, 0.29) is 12.2 Å². The first-order valence-electron chi connectivity index (χ1n) is 17.3. The Morgan fingerprint density at radius 2 is 0.929 bits per heavy atom. The van der Waals surface area contributed by atoms with E-state index in [9.17, 15) is 9.59 Å². The smallest absolute Gasteiger partial charge is 0.331 e. The fourth-order valence-electron chi connectivity index (χ4n) is 5.70. The van der Waals surface area contributed by atoms with Gasteiger partial charge in [0.1, 0.15) is 12.2 Å². The van der Waals surface area contributed by atoms with Crippen molar-refractivity contribution in [3.8, 4) is 0 Å². The maximum Gasteiger partial charge on any atom is 0.331 e. The third-order valence-electron chi connectivity index (χ3n) is 8.39. The summed E-state index contributed by atoms with van der Waals surface area (Å²) in [5.41, 5.74) is 0. The Labute approximate surface area is 256 Å². The van der Waals surface area contributed by atoms with Crippen LogP contribution in [0.4, 0.5) is 0 Å². The highest BCUT2D eigenvalue weighted by Gasteiger charge is 2.16. The van der Waals surface area contributed by atoms with Crippen molar-refractivity contribution in [1.29, 1.82) is 0 Å². The molecule has 2 heterocycles. The van der Waals surface area contributed by atoms with E-state index in [0.717, 1.165) is 143 Å². The highest BCUT2D eigenvalue weighted by molar-refractivity contribution is 5.91. The fourth-order valence-corrected chi connectivity index (χ4v) is 5.70. The van der Waals surface area contributed by atoms with Gasteiger partial charge in [0.15, 0.2) is 0 Å². The molecule has 8 heteroatoms. The molecule has 2 fully saturated rings. The predicted molar refractivity (Wildman–Crippen MR) is 169 cm³/mol. The van der Waals surface area contributed by atoms with Gasteiger partial charge < -0.3 is 18.9 Å². The lowest BCUT2D eigenvalue weighted by atomic mass is 10.0. The van der Waals surface area contributed by atoms with Crippen LogP contribution in [0.1, 0.15) is 117 Å². The molecule has 42 heavy (non-hydrogen) atoms. The van der Waals surface area contributed by atoms with E-state index >= 15 is 0 Å². The second-order valence-corrected chi connectivity index (χ2v) is 12.0. The minimum Gasteiger partial charge on any atom is -0.459 e. The van der Waals surface area contributed by atoms with Gasteiger partial charge in [0.05, 0.1) is 26.4 Å². The molecule has 2 atom stereocenters. The number of hydrogen-bond acceptors (Lipinski definition) is 8. The van der Waals surface area contributed by atoms with Gasteiger partial charge in [0.2, 0.25) is 0 Å². The lowest BCUT2D eigenvalue weighted by Crippen LogP contribution is -2.36. The molecule has 2 rings (SSSR count). The molecule has 0 bridgehead atoms. The summed E-state index contributed by atoms with van der Waals surface area (Å²) in [7, 11) is 0. The molecule has 0 aromatic heterocycles. The van der Waals surface area contributed by atoms with Crippen molar-refractivity contribution in [3.63, 3.8) is 0 Å². The van der Waals surface area contributed by atoms with E-state index < -0.39 is 11.9 Å². The van der Waals surface area contributed by atoms with Crippen molar-refractivity contribution >= 4 is 11.9 Å². The quantitative estimate of drug-likeness (QED) is 0.0731. The standard InChI is InChI=1S/C34H62N2O6/c1-3-5-15-31(17-11-7-9-13-21-35-23-27-39-28-24-35)41-33(37)19-20-34(38)42-32(16-6-4-2)18-12-8-10-14-22-36-25-29-40-30-26-36/h19-20,31-32H,3-18,21-30H2,1-2H3/b20-19+. The number of carbonyl (C=O) groups excluding carboxylic acids is 2. The molecule has 2 aliphatic rings. The van der Waals surface area contributed by atoms with Crippen LogP contribution in [0, 0.1) is 0 Å². The number of unbranched alkanes of at least 4 members (excludes halogenated alkanes) is 8. The molecular formula is C34H62N2O6. The van der Waals surface area contributed by atoms with E-state index in [0.29, 0.717) is 0 Å². The minimum absolute atomic E-state index is 0.0853. The number of esters is 2. The lowest BCUT2D eigenvalue weighted by Gasteiger charge is -2.26. The minimum atomic E-state index is -0.439. The van der Waals surface area contributed by atoms with Crippen LogP contribution < -0.4 is 0 Å². The topological polar surface area (TPSA) is 77.5 Å². The largest absolute Gasteiger partial charge is 0.459 e. The van der Waals surface area contributed by atoms with Gasteiger partial charge in [-0.25, -0.2) is 9.59 Å². The van der Waals surface area contributed by atoms with E-state index in [2.05, 4.69) is 23.6 Å². The van der Waals surface area contributed by atoms with Crippen molar-refractivity contribution in [2.45, 2.75) is 129 Å². The second-order valence-electron chi connectivity index (χ2n) is 12.0. The maximum absolute atomic E-state index is 12.5. The predicted octanol–water partition coefficient (Wildman–Crippen LogP) is 6.31. The molecular weight excluding hydrogens is 532 g/mol. The Morgan fingerprint density at radius 1 is 0.571 bits per heavy atom. The zero-order valence-electron chi connectivity index (χ0n) is 27.0. The Morgan fingerprint density at radius 3 is 1.31 bits per heavy atom. The van der Waals surface area contributed by atoms with Gasteiger partial charge in [-0.05, 0) is 64.5 Å². The van der Waals surface area contributed by atoms with Crippen LogP contribution in [-0.4, -0.2) is 99.6 Å². The molecule has 0 amide bonds. The summed E-state index contributed by atoms with van der Waals surface area (Å²) in [6.45, 7) is 14.2. The lowest BCUT2D eigenvalue weighted by molar-refractivity contribution is -0.146. The van der Waals surface area contributed by atoms with Crippen molar-refractivity contribution < 1.29 is 28.5 Å². The van der Waals surface area contributed by atoms with Crippen LogP contribution in [0.5, 0.6) is 0 Å². The summed E-state index contributed by atoms with van der Waals surface area (Å²) in [4.78, 5) is 30.0. The third kappa shape index (κ3) is 18.9. The molecule has 0 aromatic carbocycles. The summed E-state index contributed by atoms with van der Waals surface area (Å²) in [6, 6.07) is 0. The van der Waals surface area contributed by atoms with Crippen LogP contribution >= 0.6 is 0 Å². The summed E-state index contributed by atoms with van der Waals surface area (Å²) in [5.74, 6) is -0.878. The Kier molecular flexibility index (Phi) is 21.8. The molecule has 2 aliphatic heterocycles. The highest BCUT2D eigenvalue weighted by Crippen LogP contribution is 2.17. The van der Waals surface area contributed by atoms with E-state index in [1.807, 2.05) is 0 Å². The summed E-state index contributed by atoms with van der Waals surface area (Å²) in [6.07, 6.45) is 19.3. The van der Waals surface area contributed by atoms with Gasteiger partial charge in [0, 0.05) is 38.3 Å². The number of rotatable bonds is 24. The molecule has 2 unspecified atom stereocenters. The fraction of sp³-hybridized carbons (Fsp3) is 0.882. The first-order chi connectivity index (χ1) is 20.6. The van der Waals surface area contributed by atoms with Crippen LogP contribution in [0.3, 0.4) is 0 Å². The molecule has 0 radical (unpaired) electrons. The molecule has 2 saturated heterocycles. The van der Waals surface area contributed by atoms with E-state index in [4.69, 9.17) is 18.9 Å². The van der Waals surface area contributed by atoms with Gasteiger partial charge in [-0.1, -0.05) is 65.2 Å². The molecule has 0 spiro atoms. The average Bonchev–Trinajstić information content (AvgIpc) is 3.01. The molecule has 244 valence electrons. The number of hydrogen-bond donors (Lipinski definition) is 0. The first kappa shape index (κ1) is 36.7. The van der Waals surface area contributed by atoms with Crippen molar-refractivity contribution in [3.05, 3.63) is 12.2 Å². The van der Waals surface area contributed by atoms with E-state index in [1.54, 1.807) is 0 Å². The zero-order valence-corrected chi connectivity index (χ0v) is 27.0.